The van der Waals surface area contributed by atoms with E-state index in [0.29, 0.717) is 16.6 Å². The Labute approximate surface area is 155 Å². The van der Waals surface area contributed by atoms with E-state index in [1.807, 2.05) is 0 Å². The molecule has 0 saturated carbocycles. The van der Waals surface area contributed by atoms with Crippen molar-refractivity contribution >= 4 is 32.9 Å². The van der Waals surface area contributed by atoms with Crippen LogP contribution in [0.1, 0.15) is 30.9 Å². The van der Waals surface area contributed by atoms with Gasteiger partial charge in [-0.05, 0) is 49.2 Å². The number of imidazole rings is 1. The Balaban J connectivity index is 2.25. The molecule has 0 bridgehead atoms. The molecule has 0 saturated heterocycles. The monoisotopic (exact) mass is 390 g/mol. The van der Waals surface area contributed by atoms with Crippen molar-refractivity contribution in [3.05, 3.63) is 59.4 Å². The van der Waals surface area contributed by atoms with Gasteiger partial charge in [0.25, 0.3) is 0 Å². The number of nitrogens with zero attached hydrogens (tertiary/aromatic N) is 2. The number of primary amides is 1. The number of aromatic nitrogens is 2. The summed E-state index contributed by atoms with van der Waals surface area (Å²) < 4.78 is 39.9. The Kier molecular flexibility index (Phi) is 4.64. The van der Waals surface area contributed by atoms with Gasteiger partial charge in [-0.25, -0.2) is 21.8 Å². The first kappa shape index (κ1) is 18.8. The molecule has 3 rings (SSSR count). The lowest BCUT2D eigenvalue weighted by molar-refractivity contribution is -0.118. The molecule has 0 radical (unpaired) electrons. The van der Waals surface area contributed by atoms with Gasteiger partial charge in [0.1, 0.15) is 5.82 Å². The standard InChI is InChI=1S/C18H19FN4O3S/c1-10(2)27(25,26)23-15-9-12(6-7-14(15)22-18(23)21)16(17(20)24)11-4-3-5-13(19)8-11/h3-10,16H,1-2H3,(H2,20,24)(H2,21,22). The highest BCUT2D eigenvalue weighted by atomic mass is 32.2. The number of rotatable bonds is 5. The lowest BCUT2D eigenvalue weighted by Gasteiger charge is -2.16. The van der Waals surface area contributed by atoms with E-state index in [2.05, 4.69) is 4.98 Å². The van der Waals surface area contributed by atoms with E-state index in [-0.39, 0.29) is 11.5 Å². The summed E-state index contributed by atoms with van der Waals surface area (Å²) in [5.74, 6) is -2.31. The van der Waals surface area contributed by atoms with Gasteiger partial charge in [0.15, 0.2) is 0 Å². The van der Waals surface area contributed by atoms with Crippen LogP contribution in [0.2, 0.25) is 0 Å². The van der Waals surface area contributed by atoms with Crippen LogP contribution in [0.25, 0.3) is 11.0 Å². The predicted molar refractivity (Wildman–Crippen MR) is 101 cm³/mol. The average molecular weight is 390 g/mol. The van der Waals surface area contributed by atoms with Gasteiger partial charge in [0, 0.05) is 0 Å². The zero-order valence-corrected chi connectivity index (χ0v) is 15.6. The van der Waals surface area contributed by atoms with Crippen molar-refractivity contribution in [1.82, 2.24) is 8.96 Å². The lowest BCUT2D eigenvalue weighted by atomic mass is 9.90. The van der Waals surface area contributed by atoms with Crippen LogP contribution in [0.15, 0.2) is 42.5 Å². The number of nitrogen functional groups attached to an aromatic ring is 1. The first-order valence-electron chi connectivity index (χ1n) is 8.20. The minimum absolute atomic E-state index is 0.169. The van der Waals surface area contributed by atoms with Crippen LogP contribution < -0.4 is 11.5 Å². The maximum atomic E-state index is 13.6. The Morgan fingerprint density at radius 2 is 1.81 bits per heavy atom. The van der Waals surface area contributed by atoms with E-state index in [0.717, 1.165) is 3.97 Å². The van der Waals surface area contributed by atoms with Crippen LogP contribution in [0.5, 0.6) is 0 Å². The van der Waals surface area contributed by atoms with Crippen LogP contribution in [-0.4, -0.2) is 28.5 Å². The summed E-state index contributed by atoms with van der Waals surface area (Å²) in [6.45, 7) is 3.06. The van der Waals surface area contributed by atoms with Gasteiger partial charge in [0.05, 0.1) is 22.2 Å². The topological polar surface area (TPSA) is 121 Å². The van der Waals surface area contributed by atoms with Crippen molar-refractivity contribution in [1.29, 1.82) is 0 Å². The van der Waals surface area contributed by atoms with Crippen LogP contribution in [0.3, 0.4) is 0 Å². The number of halogens is 1. The number of hydrogen-bond donors (Lipinski definition) is 2. The Morgan fingerprint density at radius 3 is 2.41 bits per heavy atom. The minimum Gasteiger partial charge on any atom is -0.369 e. The quantitative estimate of drug-likeness (QED) is 0.690. The number of carbonyl (C=O) groups is 1. The molecule has 1 heterocycles. The number of amides is 1. The van der Waals surface area contributed by atoms with Crippen LogP contribution in [0, 0.1) is 5.82 Å². The number of fused-ring (bicyclic) bond motifs is 1. The summed E-state index contributed by atoms with van der Waals surface area (Å²) >= 11 is 0. The second kappa shape index (κ2) is 6.66. The van der Waals surface area contributed by atoms with E-state index >= 15 is 0 Å². The molecule has 27 heavy (non-hydrogen) atoms. The van der Waals surface area contributed by atoms with E-state index in [9.17, 15) is 17.6 Å². The molecule has 142 valence electrons. The van der Waals surface area contributed by atoms with Gasteiger partial charge >= 0.3 is 0 Å². The average Bonchev–Trinajstić information content (AvgIpc) is 2.90. The first-order valence-corrected chi connectivity index (χ1v) is 9.70. The molecule has 0 spiro atoms. The van der Waals surface area contributed by atoms with Crippen molar-refractivity contribution < 1.29 is 17.6 Å². The maximum absolute atomic E-state index is 13.6. The third-order valence-electron chi connectivity index (χ3n) is 4.31. The number of carbonyl (C=O) groups excluding carboxylic acids is 1. The minimum atomic E-state index is -3.77. The highest BCUT2D eigenvalue weighted by Crippen LogP contribution is 2.30. The number of anilines is 1. The van der Waals surface area contributed by atoms with Gasteiger partial charge < -0.3 is 11.5 Å². The molecule has 1 atom stereocenters. The van der Waals surface area contributed by atoms with Crippen LogP contribution >= 0.6 is 0 Å². The molecule has 9 heteroatoms. The van der Waals surface area contributed by atoms with Gasteiger partial charge in [0.2, 0.25) is 21.9 Å². The first-order chi connectivity index (χ1) is 12.6. The molecule has 1 unspecified atom stereocenters. The smallest absolute Gasteiger partial charge is 0.244 e. The predicted octanol–water partition coefficient (Wildman–Crippen LogP) is 1.96. The fourth-order valence-electron chi connectivity index (χ4n) is 2.95. The fraction of sp³-hybridized carbons (Fsp3) is 0.222. The number of benzene rings is 2. The summed E-state index contributed by atoms with van der Waals surface area (Å²) in [6.07, 6.45) is 0. The molecule has 0 aliphatic heterocycles. The van der Waals surface area contributed by atoms with E-state index in [1.165, 1.54) is 38.1 Å². The molecule has 1 aromatic heterocycles. The van der Waals surface area contributed by atoms with Crippen molar-refractivity contribution in [3.8, 4) is 0 Å². The Morgan fingerprint density at radius 1 is 1.15 bits per heavy atom. The zero-order valence-electron chi connectivity index (χ0n) is 14.8. The summed E-state index contributed by atoms with van der Waals surface area (Å²) in [4.78, 5) is 16.2. The molecule has 0 aliphatic rings. The second-order valence-electron chi connectivity index (χ2n) is 6.47. The van der Waals surface area contributed by atoms with Gasteiger partial charge in [-0.3, -0.25) is 4.79 Å². The third kappa shape index (κ3) is 3.25. The molecular weight excluding hydrogens is 371 g/mol. The summed E-state index contributed by atoms with van der Waals surface area (Å²) in [5, 5.41) is -0.726. The molecule has 7 nitrogen and oxygen atoms in total. The Hall–Kier alpha value is -2.94. The summed E-state index contributed by atoms with van der Waals surface area (Å²) in [5.41, 5.74) is 12.8. The highest BCUT2D eigenvalue weighted by Gasteiger charge is 2.27. The molecule has 0 aliphatic carbocycles. The zero-order chi connectivity index (χ0) is 19.9. The Bertz CT molecular complexity index is 1140. The molecule has 3 aromatic rings. The summed E-state index contributed by atoms with van der Waals surface area (Å²) in [7, 11) is -3.77. The van der Waals surface area contributed by atoms with Crippen molar-refractivity contribution in [3.63, 3.8) is 0 Å². The normalized spacial score (nSPS) is 13.2. The van der Waals surface area contributed by atoms with E-state index in [4.69, 9.17) is 11.5 Å². The molecule has 4 N–H and O–H groups in total. The third-order valence-corrected chi connectivity index (χ3v) is 6.40. The van der Waals surface area contributed by atoms with E-state index < -0.39 is 32.9 Å². The van der Waals surface area contributed by atoms with Crippen molar-refractivity contribution in [2.75, 3.05) is 5.73 Å². The van der Waals surface area contributed by atoms with Crippen LogP contribution in [-0.2, 0) is 14.8 Å². The highest BCUT2D eigenvalue weighted by molar-refractivity contribution is 7.90. The van der Waals surface area contributed by atoms with E-state index in [1.54, 1.807) is 18.2 Å². The van der Waals surface area contributed by atoms with Gasteiger partial charge in [-0.2, -0.15) is 0 Å². The van der Waals surface area contributed by atoms with Crippen molar-refractivity contribution in [2.45, 2.75) is 25.0 Å². The molecule has 1 amide bonds. The lowest BCUT2D eigenvalue weighted by Crippen LogP contribution is -2.24. The fourth-order valence-corrected chi connectivity index (χ4v) is 4.10. The molecule has 0 fully saturated rings. The van der Waals surface area contributed by atoms with Gasteiger partial charge in [-0.1, -0.05) is 18.2 Å². The SMILES string of the molecule is CC(C)S(=O)(=O)n1c(N)nc2ccc(C(C(N)=O)c3cccc(F)c3)cc21. The largest absolute Gasteiger partial charge is 0.369 e. The molecular formula is C18H19FN4O3S. The summed E-state index contributed by atoms with van der Waals surface area (Å²) in [6, 6.07) is 10.2. The van der Waals surface area contributed by atoms with Crippen LogP contribution in [0.4, 0.5) is 10.3 Å². The maximum Gasteiger partial charge on any atom is 0.244 e. The van der Waals surface area contributed by atoms with Gasteiger partial charge in [-0.15, -0.1) is 0 Å². The molecule has 2 aromatic carbocycles. The number of hydrogen-bond acceptors (Lipinski definition) is 5. The van der Waals surface area contributed by atoms with Crippen molar-refractivity contribution in [2.24, 2.45) is 5.73 Å². The second-order valence-corrected chi connectivity index (χ2v) is 8.80. The number of nitrogens with two attached hydrogens (primary N) is 2.